The van der Waals surface area contributed by atoms with Crippen LogP contribution in [0.15, 0.2) is 40.8 Å². The van der Waals surface area contributed by atoms with Crippen molar-refractivity contribution in [2.45, 2.75) is 46.1 Å². The Morgan fingerprint density at radius 3 is 2.77 bits per heavy atom. The Labute approximate surface area is 178 Å². The van der Waals surface area contributed by atoms with Gasteiger partial charge in [0.05, 0.1) is 23.9 Å². The Bertz CT molecular complexity index is 1120. The van der Waals surface area contributed by atoms with Gasteiger partial charge in [-0.05, 0) is 24.0 Å². The number of fused-ring (bicyclic) bond motifs is 1. The van der Waals surface area contributed by atoms with Crippen LogP contribution in [0.3, 0.4) is 0 Å². The maximum Gasteiger partial charge on any atom is 0.339 e. The van der Waals surface area contributed by atoms with Gasteiger partial charge in [0, 0.05) is 11.1 Å². The molecule has 7 nitrogen and oxygen atoms in total. The van der Waals surface area contributed by atoms with Crippen molar-refractivity contribution in [2.24, 2.45) is 0 Å². The minimum atomic E-state index is -0.540. The van der Waals surface area contributed by atoms with Gasteiger partial charge >= 0.3 is 5.97 Å². The molecule has 158 valence electrons. The van der Waals surface area contributed by atoms with E-state index >= 15 is 0 Å². The second-order valence-corrected chi connectivity index (χ2v) is 8.14. The van der Waals surface area contributed by atoms with Crippen LogP contribution in [0.2, 0.25) is 0 Å². The maximum absolute atomic E-state index is 12.9. The van der Waals surface area contributed by atoms with E-state index in [4.69, 9.17) is 4.74 Å². The number of hydrogen-bond acceptors (Lipinski definition) is 6. The van der Waals surface area contributed by atoms with E-state index in [1.54, 1.807) is 5.38 Å². The van der Waals surface area contributed by atoms with Crippen LogP contribution in [-0.4, -0.2) is 28.0 Å². The summed E-state index contributed by atoms with van der Waals surface area (Å²) in [4.78, 5) is 42.6. The summed E-state index contributed by atoms with van der Waals surface area (Å²) in [7, 11) is 0. The van der Waals surface area contributed by atoms with Crippen molar-refractivity contribution in [3.05, 3.63) is 57.5 Å². The van der Waals surface area contributed by atoms with Crippen LogP contribution in [0, 0.1) is 0 Å². The van der Waals surface area contributed by atoms with Gasteiger partial charge in [-0.15, -0.1) is 11.3 Å². The molecule has 2 aromatic heterocycles. The van der Waals surface area contributed by atoms with Gasteiger partial charge in [0.2, 0.25) is 5.91 Å². The first-order valence-corrected chi connectivity index (χ1v) is 10.8. The fraction of sp³-hybridized carbons (Fsp3) is 0.364. The highest BCUT2D eigenvalue weighted by atomic mass is 32.1. The fourth-order valence-corrected chi connectivity index (χ4v) is 3.94. The minimum absolute atomic E-state index is 0.194. The molecule has 1 aromatic carbocycles. The van der Waals surface area contributed by atoms with Crippen LogP contribution < -0.4 is 10.9 Å². The molecule has 2 heterocycles. The molecule has 0 atom stereocenters. The first-order chi connectivity index (χ1) is 14.4. The summed E-state index contributed by atoms with van der Waals surface area (Å²) in [6, 6.07) is 7.57. The number of unbranched alkanes of at least 4 members (excludes halogenated alkanes) is 1. The van der Waals surface area contributed by atoms with E-state index in [1.165, 1.54) is 22.2 Å². The van der Waals surface area contributed by atoms with E-state index in [2.05, 4.69) is 10.3 Å². The summed E-state index contributed by atoms with van der Waals surface area (Å²) in [5.41, 5.74) is 1.50. The summed E-state index contributed by atoms with van der Waals surface area (Å²) in [6.07, 6.45) is 3.00. The second kappa shape index (κ2) is 9.67. The zero-order valence-electron chi connectivity index (χ0n) is 17.3. The molecule has 0 aliphatic rings. The molecule has 0 saturated heterocycles. The third-order valence-electron chi connectivity index (χ3n) is 4.68. The van der Waals surface area contributed by atoms with Crippen LogP contribution in [-0.2, 0) is 16.1 Å². The average Bonchev–Trinajstić information content (AvgIpc) is 3.15. The largest absolute Gasteiger partial charge is 0.462 e. The second-order valence-electron chi connectivity index (χ2n) is 7.29. The zero-order valence-corrected chi connectivity index (χ0v) is 18.1. The average molecular weight is 428 g/mol. The first kappa shape index (κ1) is 21.7. The van der Waals surface area contributed by atoms with Crippen LogP contribution in [0.25, 0.3) is 10.2 Å². The number of thiophene rings is 1. The Balaban J connectivity index is 1.82. The summed E-state index contributed by atoms with van der Waals surface area (Å²) < 4.78 is 6.45. The number of carbonyl (C=O) groups is 2. The van der Waals surface area contributed by atoms with E-state index < -0.39 is 11.5 Å². The molecule has 0 aliphatic carbocycles. The maximum atomic E-state index is 12.9. The topological polar surface area (TPSA) is 90.3 Å². The molecule has 1 amide bonds. The van der Waals surface area contributed by atoms with E-state index in [1.807, 2.05) is 45.0 Å². The lowest BCUT2D eigenvalue weighted by atomic mass is 10.0. The number of esters is 1. The van der Waals surface area contributed by atoms with Crippen LogP contribution in [0.5, 0.6) is 0 Å². The smallest absolute Gasteiger partial charge is 0.339 e. The predicted octanol–water partition coefficient (Wildman–Crippen LogP) is 4.18. The Morgan fingerprint density at radius 1 is 1.27 bits per heavy atom. The Morgan fingerprint density at radius 2 is 2.03 bits per heavy atom. The monoisotopic (exact) mass is 427 g/mol. The normalized spacial score (nSPS) is 11.1. The number of rotatable bonds is 8. The molecule has 3 rings (SSSR count). The van der Waals surface area contributed by atoms with Gasteiger partial charge in [-0.2, -0.15) is 0 Å². The van der Waals surface area contributed by atoms with Crippen molar-refractivity contribution in [1.29, 1.82) is 0 Å². The van der Waals surface area contributed by atoms with Gasteiger partial charge in [0.15, 0.2) is 0 Å². The lowest BCUT2D eigenvalue weighted by Gasteiger charge is -2.14. The van der Waals surface area contributed by atoms with Crippen LogP contribution >= 0.6 is 11.3 Å². The third-order valence-corrected chi connectivity index (χ3v) is 5.57. The molecule has 0 bridgehead atoms. The standard InChI is InChI=1S/C22H25N3O4S/c1-4-5-10-29-22(28)16-12-30-20-19(16)21(27)25(13-23-20)11-18(26)24-17-9-7-6-8-15(17)14(2)3/h6-9,12-14H,4-5,10-11H2,1-3H3,(H,24,26). The molecule has 0 aliphatic heterocycles. The van der Waals surface area contributed by atoms with Crippen LogP contribution in [0.4, 0.5) is 5.69 Å². The van der Waals surface area contributed by atoms with Gasteiger partial charge in [-0.25, -0.2) is 9.78 Å². The van der Waals surface area contributed by atoms with Crippen molar-refractivity contribution >= 4 is 39.1 Å². The van der Waals surface area contributed by atoms with Gasteiger partial charge in [0.1, 0.15) is 11.4 Å². The van der Waals surface area contributed by atoms with Crippen molar-refractivity contribution < 1.29 is 14.3 Å². The number of amides is 1. The Hall–Kier alpha value is -3.00. The number of nitrogens with one attached hydrogen (secondary N) is 1. The number of aromatic nitrogens is 2. The molecule has 3 aromatic rings. The highest BCUT2D eigenvalue weighted by Crippen LogP contribution is 2.24. The van der Waals surface area contributed by atoms with E-state index in [-0.39, 0.29) is 29.3 Å². The minimum Gasteiger partial charge on any atom is -0.462 e. The molecule has 0 fully saturated rings. The predicted molar refractivity (Wildman–Crippen MR) is 118 cm³/mol. The van der Waals surface area contributed by atoms with Gasteiger partial charge in [-0.3, -0.25) is 14.2 Å². The summed E-state index contributed by atoms with van der Waals surface area (Å²) in [5.74, 6) is -0.635. The van der Waals surface area contributed by atoms with E-state index in [9.17, 15) is 14.4 Å². The highest BCUT2D eigenvalue weighted by molar-refractivity contribution is 7.17. The zero-order chi connectivity index (χ0) is 21.7. The third kappa shape index (κ3) is 4.76. The molecular weight excluding hydrogens is 402 g/mol. The number of hydrogen-bond donors (Lipinski definition) is 1. The van der Waals surface area contributed by atoms with E-state index in [0.29, 0.717) is 11.4 Å². The number of carbonyl (C=O) groups excluding carboxylic acids is 2. The molecule has 0 spiro atoms. The number of anilines is 1. The molecule has 0 unspecified atom stereocenters. The molecule has 0 saturated carbocycles. The van der Waals surface area contributed by atoms with Gasteiger partial charge in [0.25, 0.3) is 5.56 Å². The molecule has 8 heteroatoms. The molecular formula is C22H25N3O4S. The highest BCUT2D eigenvalue weighted by Gasteiger charge is 2.19. The molecule has 0 radical (unpaired) electrons. The van der Waals surface area contributed by atoms with Crippen LogP contribution in [0.1, 0.15) is 55.5 Å². The fourth-order valence-electron chi connectivity index (χ4n) is 3.08. The molecule has 1 N–H and O–H groups in total. The quantitative estimate of drug-likeness (QED) is 0.430. The number of benzene rings is 1. The number of para-hydroxylation sites is 1. The summed E-state index contributed by atoms with van der Waals surface area (Å²) in [6.45, 7) is 6.20. The Kier molecular flexibility index (Phi) is 6.99. The van der Waals surface area contributed by atoms with Crippen molar-refractivity contribution in [1.82, 2.24) is 9.55 Å². The lowest BCUT2D eigenvalue weighted by Crippen LogP contribution is -2.28. The van der Waals surface area contributed by atoms with Gasteiger partial charge < -0.3 is 10.1 Å². The van der Waals surface area contributed by atoms with Gasteiger partial charge in [-0.1, -0.05) is 45.4 Å². The lowest BCUT2D eigenvalue weighted by molar-refractivity contribution is -0.116. The molecule has 30 heavy (non-hydrogen) atoms. The van der Waals surface area contributed by atoms with E-state index in [0.717, 1.165) is 24.1 Å². The number of nitrogens with zero attached hydrogens (tertiary/aromatic N) is 2. The summed E-state index contributed by atoms with van der Waals surface area (Å²) >= 11 is 1.21. The number of ether oxygens (including phenoxy) is 1. The van der Waals surface area contributed by atoms with Crippen molar-refractivity contribution in [3.63, 3.8) is 0 Å². The SMILES string of the molecule is CCCCOC(=O)c1csc2ncn(CC(=O)Nc3ccccc3C(C)C)c(=O)c12. The van der Waals surface area contributed by atoms with Crippen molar-refractivity contribution in [3.8, 4) is 0 Å². The first-order valence-electron chi connectivity index (χ1n) is 9.94. The van der Waals surface area contributed by atoms with Crippen molar-refractivity contribution in [2.75, 3.05) is 11.9 Å². The summed E-state index contributed by atoms with van der Waals surface area (Å²) in [5, 5.41) is 4.64.